The molecule has 0 aliphatic carbocycles. The SMILES string of the molecule is CC=C(C(N)=O)c1nnco1. The first-order valence-electron chi connectivity index (χ1n) is 2.98. The number of nitrogens with two attached hydrogens (primary N) is 1. The van der Waals surface area contributed by atoms with Crippen LogP contribution in [-0.2, 0) is 4.79 Å². The molecule has 0 radical (unpaired) electrons. The number of carbonyl (C=O) groups excluding carboxylic acids is 1. The lowest BCUT2D eigenvalue weighted by Crippen LogP contribution is -2.12. The van der Waals surface area contributed by atoms with E-state index in [-0.39, 0.29) is 11.5 Å². The summed E-state index contributed by atoms with van der Waals surface area (Å²) in [4.78, 5) is 10.7. The minimum Gasteiger partial charge on any atom is -0.423 e. The van der Waals surface area contributed by atoms with Crippen molar-refractivity contribution >= 4 is 11.5 Å². The second-order valence-electron chi connectivity index (χ2n) is 1.81. The molecule has 0 spiro atoms. The highest BCUT2D eigenvalue weighted by Gasteiger charge is 2.11. The van der Waals surface area contributed by atoms with Crippen molar-refractivity contribution in [1.29, 1.82) is 0 Å². The molecule has 0 bridgehead atoms. The summed E-state index contributed by atoms with van der Waals surface area (Å²) >= 11 is 0. The van der Waals surface area contributed by atoms with Crippen LogP contribution in [0.2, 0.25) is 0 Å². The van der Waals surface area contributed by atoms with Crippen molar-refractivity contribution in [1.82, 2.24) is 10.2 Å². The van der Waals surface area contributed by atoms with Crippen LogP contribution in [0.1, 0.15) is 12.8 Å². The monoisotopic (exact) mass is 153 g/mol. The van der Waals surface area contributed by atoms with Gasteiger partial charge in [-0.1, -0.05) is 6.08 Å². The number of hydrogen-bond acceptors (Lipinski definition) is 4. The zero-order valence-corrected chi connectivity index (χ0v) is 5.94. The summed E-state index contributed by atoms with van der Waals surface area (Å²) in [5.41, 5.74) is 5.24. The molecule has 0 aliphatic heterocycles. The van der Waals surface area contributed by atoms with Gasteiger partial charge in [-0.25, -0.2) is 0 Å². The maximum atomic E-state index is 10.7. The number of aromatic nitrogens is 2. The molecule has 0 unspecified atom stereocenters. The molecule has 5 heteroatoms. The van der Waals surface area contributed by atoms with E-state index in [0.717, 1.165) is 6.39 Å². The Bertz CT molecular complexity index is 276. The maximum Gasteiger partial charge on any atom is 0.253 e. The number of carbonyl (C=O) groups is 1. The summed E-state index contributed by atoms with van der Waals surface area (Å²) in [6, 6.07) is 0. The predicted octanol–water partition coefficient (Wildman–Crippen LogP) is -0.0418. The fourth-order valence-corrected chi connectivity index (χ4v) is 0.662. The molecule has 58 valence electrons. The molecule has 1 aromatic rings. The van der Waals surface area contributed by atoms with Gasteiger partial charge in [-0.3, -0.25) is 4.79 Å². The molecular formula is C6H7N3O2. The first-order chi connectivity index (χ1) is 5.25. The zero-order chi connectivity index (χ0) is 8.27. The molecule has 1 rings (SSSR count). The highest BCUT2D eigenvalue weighted by Crippen LogP contribution is 2.08. The van der Waals surface area contributed by atoms with E-state index >= 15 is 0 Å². The van der Waals surface area contributed by atoms with Crippen molar-refractivity contribution in [3.63, 3.8) is 0 Å². The summed E-state index contributed by atoms with van der Waals surface area (Å²) in [6.45, 7) is 1.67. The molecular weight excluding hydrogens is 146 g/mol. The molecule has 5 nitrogen and oxygen atoms in total. The Kier molecular flexibility index (Phi) is 2.00. The van der Waals surface area contributed by atoms with Crippen LogP contribution in [-0.4, -0.2) is 16.1 Å². The lowest BCUT2D eigenvalue weighted by molar-refractivity contribution is -0.112. The topological polar surface area (TPSA) is 82.0 Å². The largest absolute Gasteiger partial charge is 0.423 e. The molecule has 1 amide bonds. The predicted molar refractivity (Wildman–Crippen MR) is 37.1 cm³/mol. The number of amides is 1. The van der Waals surface area contributed by atoms with Gasteiger partial charge in [-0.05, 0) is 6.92 Å². The Hall–Kier alpha value is -1.65. The average molecular weight is 153 g/mol. The highest BCUT2D eigenvalue weighted by molar-refractivity contribution is 6.17. The van der Waals surface area contributed by atoms with Crippen molar-refractivity contribution in [2.45, 2.75) is 6.92 Å². The van der Waals surface area contributed by atoms with E-state index in [1.165, 1.54) is 6.08 Å². The van der Waals surface area contributed by atoms with Crippen molar-refractivity contribution in [3.8, 4) is 0 Å². The molecule has 0 saturated heterocycles. The lowest BCUT2D eigenvalue weighted by atomic mass is 10.2. The van der Waals surface area contributed by atoms with Crippen molar-refractivity contribution in [2.24, 2.45) is 5.73 Å². The molecule has 2 N–H and O–H groups in total. The van der Waals surface area contributed by atoms with Gasteiger partial charge in [0.25, 0.3) is 11.8 Å². The van der Waals surface area contributed by atoms with Crippen LogP contribution in [0.4, 0.5) is 0 Å². The number of allylic oxidation sites excluding steroid dienone is 1. The van der Waals surface area contributed by atoms with Gasteiger partial charge in [0.05, 0.1) is 5.57 Å². The van der Waals surface area contributed by atoms with E-state index < -0.39 is 5.91 Å². The summed E-state index contributed by atoms with van der Waals surface area (Å²) in [6.07, 6.45) is 2.66. The molecule has 0 aliphatic rings. The summed E-state index contributed by atoms with van der Waals surface area (Å²) in [5, 5.41) is 6.93. The lowest BCUT2D eigenvalue weighted by Gasteiger charge is -1.92. The van der Waals surface area contributed by atoms with Gasteiger partial charge in [0.15, 0.2) is 0 Å². The summed E-state index contributed by atoms with van der Waals surface area (Å²) in [7, 11) is 0. The van der Waals surface area contributed by atoms with Crippen molar-refractivity contribution in [3.05, 3.63) is 18.4 Å². The third-order valence-corrected chi connectivity index (χ3v) is 1.14. The summed E-state index contributed by atoms with van der Waals surface area (Å²) in [5.74, 6) is -0.420. The molecule has 1 aromatic heterocycles. The Morgan fingerprint density at radius 2 is 2.55 bits per heavy atom. The normalized spacial score (nSPS) is 11.5. The minimum absolute atomic E-state index is 0.153. The van der Waals surface area contributed by atoms with Crippen LogP contribution in [0.3, 0.4) is 0 Å². The highest BCUT2D eigenvalue weighted by atomic mass is 16.4. The molecule has 0 atom stereocenters. The van der Waals surface area contributed by atoms with Gasteiger partial charge in [0.1, 0.15) is 0 Å². The molecule has 0 fully saturated rings. The van der Waals surface area contributed by atoms with Crippen LogP contribution in [0, 0.1) is 0 Å². The van der Waals surface area contributed by atoms with Crippen LogP contribution < -0.4 is 5.73 Å². The van der Waals surface area contributed by atoms with Gasteiger partial charge < -0.3 is 10.2 Å². The molecule has 0 saturated carbocycles. The standard InChI is InChI=1S/C6H7N3O2/c1-2-4(5(7)10)6-9-8-3-11-6/h2-3H,1H3,(H2,7,10). The van der Waals surface area contributed by atoms with E-state index in [4.69, 9.17) is 10.2 Å². The van der Waals surface area contributed by atoms with Crippen molar-refractivity contribution < 1.29 is 9.21 Å². The Labute approximate surface area is 62.9 Å². The Morgan fingerprint density at radius 1 is 1.82 bits per heavy atom. The third-order valence-electron chi connectivity index (χ3n) is 1.14. The number of nitrogens with zero attached hydrogens (tertiary/aromatic N) is 2. The Morgan fingerprint density at radius 3 is 2.91 bits per heavy atom. The van der Waals surface area contributed by atoms with Crippen LogP contribution in [0.15, 0.2) is 16.9 Å². The fourth-order valence-electron chi connectivity index (χ4n) is 0.662. The first-order valence-corrected chi connectivity index (χ1v) is 2.98. The number of hydrogen-bond donors (Lipinski definition) is 1. The second kappa shape index (κ2) is 2.96. The van der Waals surface area contributed by atoms with E-state index in [9.17, 15) is 4.79 Å². The molecule has 0 aromatic carbocycles. The van der Waals surface area contributed by atoms with Gasteiger partial charge >= 0.3 is 0 Å². The number of rotatable bonds is 2. The first kappa shape index (κ1) is 7.46. The van der Waals surface area contributed by atoms with Crippen LogP contribution in [0.5, 0.6) is 0 Å². The summed E-state index contributed by atoms with van der Waals surface area (Å²) < 4.78 is 4.76. The van der Waals surface area contributed by atoms with Gasteiger partial charge in [0.2, 0.25) is 6.39 Å². The van der Waals surface area contributed by atoms with E-state index in [2.05, 4.69) is 10.2 Å². The van der Waals surface area contributed by atoms with Gasteiger partial charge in [0, 0.05) is 0 Å². The van der Waals surface area contributed by atoms with E-state index in [1.54, 1.807) is 6.92 Å². The molecule has 11 heavy (non-hydrogen) atoms. The Balaban J connectivity index is 2.99. The van der Waals surface area contributed by atoms with Gasteiger partial charge in [-0.15, -0.1) is 10.2 Å². The fraction of sp³-hybridized carbons (Fsp3) is 0.167. The van der Waals surface area contributed by atoms with Crippen LogP contribution >= 0.6 is 0 Å². The van der Waals surface area contributed by atoms with E-state index in [1.807, 2.05) is 0 Å². The quantitative estimate of drug-likeness (QED) is 0.604. The zero-order valence-electron chi connectivity index (χ0n) is 5.94. The molecule has 1 heterocycles. The average Bonchev–Trinajstić information content (AvgIpc) is 2.40. The van der Waals surface area contributed by atoms with Crippen LogP contribution in [0.25, 0.3) is 5.57 Å². The third kappa shape index (κ3) is 1.43. The smallest absolute Gasteiger partial charge is 0.253 e. The number of primary amides is 1. The van der Waals surface area contributed by atoms with E-state index in [0.29, 0.717) is 0 Å². The van der Waals surface area contributed by atoms with Gasteiger partial charge in [-0.2, -0.15) is 0 Å². The minimum atomic E-state index is -0.572. The maximum absolute atomic E-state index is 10.7. The second-order valence-corrected chi connectivity index (χ2v) is 1.81. The van der Waals surface area contributed by atoms with Crippen molar-refractivity contribution in [2.75, 3.05) is 0 Å².